The number of nitrogens with one attached hydrogen (secondary N) is 1. The fourth-order valence-electron chi connectivity index (χ4n) is 2.71. The van der Waals surface area contributed by atoms with Crippen LogP contribution in [0.25, 0.3) is 0 Å². The van der Waals surface area contributed by atoms with E-state index in [1.165, 1.54) is 0 Å². The van der Waals surface area contributed by atoms with Crippen molar-refractivity contribution in [2.45, 2.75) is 27.2 Å². The molecule has 122 valence electrons. The zero-order valence-corrected chi connectivity index (χ0v) is 13.6. The van der Waals surface area contributed by atoms with E-state index in [1.807, 2.05) is 11.8 Å². The fraction of sp³-hybridized carbons (Fsp3) is 0.867. The molecular formula is C15H30N4O2. The first-order valence-corrected chi connectivity index (χ1v) is 7.95. The molecule has 1 fully saturated rings. The second kappa shape index (κ2) is 9.00. The zero-order chi connectivity index (χ0) is 15.8. The van der Waals surface area contributed by atoms with Crippen molar-refractivity contribution < 1.29 is 9.59 Å². The topological polar surface area (TPSA) is 78.7 Å². The molecule has 21 heavy (non-hydrogen) atoms. The maximum Gasteiger partial charge on any atom is 0.234 e. The van der Waals surface area contributed by atoms with E-state index in [-0.39, 0.29) is 17.7 Å². The molecule has 6 heteroatoms. The number of carbonyl (C=O) groups excluding carboxylic acids is 2. The largest absolute Gasteiger partial charge is 0.355 e. The summed E-state index contributed by atoms with van der Waals surface area (Å²) in [5.74, 6) is 0.627. The molecule has 0 aliphatic carbocycles. The molecule has 1 saturated heterocycles. The Balaban J connectivity index is 2.41. The molecule has 0 aromatic heterocycles. The van der Waals surface area contributed by atoms with Gasteiger partial charge >= 0.3 is 0 Å². The monoisotopic (exact) mass is 298 g/mol. The molecule has 0 saturated carbocycles. The number of carbonyl (C=O) groups is 2. The minimum Gasteiger partial charge on any atom is -0.355 e. The summed E-state index contributed by atoms with van der Waals surface area (Å²) in [6.07, 6.45) is 0.842. The van der Waals surface area contributed by atoms with Crippen LogP contribution >= 0.6 is 0 Å². The SMILES string of the molecule is CCNC(=O)CN1CCN(C(=O)C(CN)CC(C)C)CC1. The number of rotatable bonds is 7. The van der Waals surface area contributed by atoms with Crippen molar-refractivity contribution in [3.63, 3.8) is 0 Å². The number of amides is 2. The molecule has 6 nitrogen and oxygen atoms in total. The summed E-state index contributed by atoms with van der Waals surface area (Å²) in [5.41, 5.74) is 5.74. The summed E-state index contributed by atoms with van der Waals surface area (Å²) >= 11 is 0. The Morgan fingerprint density at radius 3 is 2.29 bits per heavy atom. The first-order valence-electron chi connectivity index (χ1n) is 7.95. The number of likely N-dealkylation sites (N-methyl/N-ethyl adjacent to an activating group) is 1. The van der Waals surface area contributed by atoms with Crippen LogP contribution in [0.3, 0.4) is 0 Å². The van der Waals surface area contributed by atoms with Crippen molar-refractivity contribution in [1.29, 1.82) is 0 Å². The second-order valence-corrected chi connectivity index (χ2v) is 6.12. The maximum atomic E-state index is 12.4. The Morgan fingerprint density at radius 1 is 1.19 bits per heavy atom. The van der Waals surface area contributed by atoms with Crippen LogP contribution in [0.5, 0.6) is 0 Å². The third kappa shape index (κ3) is 6.01. The van der Waals surface area contributed by atoms with Gasteiger partial charge in [-0.05, 0) is 19.3 Å². The lowest BCUT2D eigenvalue weighted by Gasteiger charge is -2.36. The summed E-state index contributed by atoms with van der Waals surface area (Å²) in [6, 6.07) is 0. The van der Waals surface area contributed by atoms with Crippen molar-refractivity contribution >= 4 is 11.8 Å². The van der Waals surface area contributed by atoms with Crippen LogP contribution in [0.2, 0.25) is 0 Å². The second-order valence-electron chi connectivity index (χ2n) is 6.12. The highest BCUT2D eigenvalue weighted by Gasteiger charge is 2.27. The number of hydrogen-bond donors (Lipinski definition) is 2. The molecule has 1 atom stereocenters. The van der Waals surface area contributed by atoms with Gasteiger partial charge in [0.15, 0.2) is 0 Å². The molecular weight excluding hydrogens is 268 g/mol. The minimum absolute atomic E-state index is 0.0527. The lowest BCUT2D eigenvalue weighted by atomic mass is 9.95. The lowest BCUT2D eigenvalue weighted by molar-refractivity contribution is -0.137. The van der Waals surface area contributed by atoms with Crippen LogP contribution in [0.15, 0.2) is 0 Å². The van der Waals surface area contributed by atoms with E-state index in [9.17, 15) is 9.59 Å². The van der Waals surface area contributed by atoms with Crippen molar-refractivity contribution in [3.8, 4) is 0 Å². The highest BCUT2D eigenvalue weighted by atomic mass is 16.2. The molecule has 1 rings (SSSR count). The van der Waals surface area contributed by atoms with Gasteiger partial charge in [0, 0.05) is 39.3 Å². The van der Waals surface area contributed by atoms with Gasteiger partial charge in [-0.3, -0.25) is 14.5 Å². The van der Waals surface area contributed by atoms with Crippen molar-refractivity contribution in [3.05, 3.63) is 0 Å². The van der Waals surface area contributed by atoms with E-state index < -0.39 is 0 Å². The molecule has 2 amide bonds. The van der Waals surface area contributed by atoms with Gasteiger partial charge in [-0.2, -0.15) is 0 Å². The minimum atomic E-state index is -0.0695. The van der Waals surface area contributed by atoms with E-state index in [2.05, 4.69) is 24.1 Å². The lowest BCUT2D eigenvalue weighted by Crippen LogP contribution is -2.53. The van der Waals surface area contributed by atoms with Crippen LogP contribution in [-0.4, -0.2) is 67.4 Å². The summed E-state index contributed by atoms with van der Waals surface area (Å²) in [5, 5.41) is 2.80. The van der Waals surface area contributed by atoms with Gasteiger partial charge in [0.1, 0.15) is 0 Å². The zero-order valence-electron chi connectivity index (χ0n) is 13.6. The Bertz CT molecular complexity index is 339. The van der Waals surface area contributed by atoms with Crippen LogP contribution in [-0.2, 0) is 9.59 Å². The standard InChI is InChI=1S/C15H30N4O2/c1-4-17-14(20)11-18-5-7-19(8-6-18)15(21)13(10-16)9-12(2)3/h12-13H,4-11,16H2,1-3H3,(H,17,20). The van der Waals surface area contributed by atoms with Gasteiger partial charge in [0.25, 0.3) is 0 Å². The predicted octanol–water partition coefficient (Wildman–Crippen LogP) is -0.112. The quantitative estimate of drug-likeness (QED) is 0.687. The Kier molecular flexibility index (Phi) is 7.67. The van der Waals surface area contributed by atoms with Gasteiger partial charge in [-0.25, -0.2) is 0 Å². The average molecular weight is 298 g/mol. The molecule has 0 aromatic carbocycles. The first-order chi connectivity index (χ1) is 9.97. The molecule has 1 aliphatic rings. The molecule has 0 radical (unpaired) electrons. The summed E-state index contributed by atoms with van der Waals surface area (Å²) in [7, 11) is 0. The summed E-state index contributed by atoms with van der Waals surface area (Å²) < 4.78 is 0. The molecule has 1 unspecified atom stereocenters. The molecule has 0 bridgehead atoms. The predicted molar refractivity (Wildman–Crippen MR) is 83.7 cm³/mol. The fourth-order valence-corrected chi connectivity index (χ4v) is 2.71. The summed E-state index contributed by atoms with van der Waals surface area (Å²) in [4.78, 5) is 28.0. The summed E-state index contributed by atoms with van der Waals surface area (Å²) in [6.45, 7) is 10.5. The van der Waals surface area contributed by atoms with Gasteiger partial charge in [0.05, 0.1) is 12.5 Å². The third-order valence-corrected chi connectivity index (χ3v) is 3.81. The maximum absolute atomic E-state index is 12.4. The first kappa shape index (κ1) is 17.9. The van der Waals surface area contributed by atoms with Crippen LogP contribution in [0, 0.1) is 11.8 Å². The van der Waals surface area contributed by atoms with E-state index in [4.69, 9.17) is 5.73 Å². The van der Waals surface area contributed by atoms with Gasteiger partial charge in [0.2, 0.25) is 11.8 Å². The van der Waals surface area contributed by atoms with Gasteiger partial charge < -0.3 is 16.0 Å². The van der Waals surface area contributed by atoms with E-state index in [1.54, 1.807) is 0 Å². The van der Waals surface area contributed by atoms with E-state index in [0.29, 0.717) is 38.6 Å². The highest BCUT2D eigenvalue weighted by molar-refractivity contribution is 5.79. The Hall–Kier alpha value is -1.14. The number of hydrogen-bond acceptors (Lipinski definition) is 4. The van der Waals surface area contributed by atoms with Gasteiger partial charge in [-0.1, -0.05) is 13.8 Å². The number of nitrogens with zero attached hydrogens (tertiary/aromatic N) is 2. The smallest absolute Gasteiger partial charge is 0.234 e. The third-order valence-electron chi connectivity index (χ3n) is 3.81. The molecule has 0 aromatic rings. The Labute approximate surface area is 128 Å². The molecule has 1 aliphatic heterocycles. The normalized spacial score (nSPS) is 17.9. The highest BCUT2D eigenvalue weighted by Crippen LogP contribution is 2.15. The van der Waals surface area contributed by atoms with Crippen molar-refractivity contribution in [1.82, 2.24) is 15.1 Å². The molecule has 3 N–H and O–H groups in total. The van der Waals surface area contributed by atoms with E-state index >= 15 is 0 Å². The van der Waals surface area contributed by atoms with Crippen LogP contribution in [0.4, 0.5) is 0 Å². The van der Waals surface area contributed by atoms with Gasteiger partial charge in [-0.15, -0.1) is 0 Å². The number of piperazine rings is 1. The number of nitrogens with two attached hydrogens (primary N) is 1. The van der Waals surface area contributed by atoms with Crippen LogP contribution < -0.4 is 11.1 Å². The van der Waals surface area contributed by atoms with E-state index in [0.717, 1.165) is 19.5 Å². The Morgan fingerprint density at radius 2 is 1.81 bits per heavy atom. The van der Waals surface area contributed by atoms with Crippen molar-refractivity contribution in [2.24, 2.45) is 17.6 Å². The molecule has 1 heterocycles. The van der Waals surface area contributed by atoms with Crippen molar-refractivity contribution in [2.75, 3.05) is 45.8 Å². The molecule has 0 spiro atoms. The average Bonchev–Trinajstić information content (AvgIpc) is 2.45. The van der Waals surface area contributed by atoms with Crippen LogP contribution in [0.1, 0.15) is 27.2 Å².